The first-order valence-corrected chi connectivity index (χ1v) is 7.63. The molecule has 1 fully saturated rings. The van der Waals surface area contributed by atoms with E-state index in [1.807, 2.05) is 30.0 Å². The molecule has 0 aliphatic carbocycles. The maximum atomic E-state index is 6.14. The molecular weight excluding hydrogens is 282 g/mol. The molecule has 1 saturated heterocycles. The molecule has 1 aliphatic heterocycles. The van der Waals surface area contributed by atoms with E-state index in [1.54, 1.807) is 6.07 Å². The molecule has 2 heterocycles. The molecular formula is C13H14ClN3OS. The highest BCUT2D eigenvalue weighted by molar-refractivity contribution is 7.99. The van der Waals surface area contributed by atoms with Crippen LogP contribution in [0.4, 0.5) is 0 Å². The zero-order valence-corrected chi connectivity index (χ0v) is 11.8. The van der Waals surface area contributed by atoms with E-state index in [4.69, 9.17) is 21.9 Å². The summed E-state index contributed by atoms with van der Waals surface area (Å²) in [6, 6.07) is 6.97. The van der Waals surface area contributed by atoms with Crippen molar-refractivity contribution in [1.82, 2.24) is 10.1 Å². The van der Waals surface area contributed by atoms with Gasteiger partial charge in [0.05, 0.1) is 5.25 Å². The topological polar surface area (TPSA) is 64.9 Å². The van der Waals surface area contributed by atoms with Crippen molar-refractivity contribution in [1.29, 1.82) is 0 Å². The Hall–Kier alpha value is -1.04. The average molecular weight is 296 g/mol. The Morgan fingerprint density at radius 3 is 3.00 bits per heavy atom. The Bertz CT molecular complexity index is 569. The lowest BCUT2D eigenvalue weighted by molar-refractivity contribution is 0.362. The van der Waals surface area contributed by atoms with Gasteiger partial charge in [-0.25, -0.2) is 0 Å². The summed E-state index contributed by atoms with van der Waals surface area (Å²) in [6.07, 6.45) is 2.31. The largest absolute Gasteiger partial charge is 0.337 e. The van der Waals surface area contributed by atoms with Crippen molar-refractivity contribution in [3.8, 4) is 0 Å². The minimum atomic E-state index is -0.471. The first-order valence-electron chi connectivity index (χ1n) is 6.21. The van der Waals surface area contributed by atoms with Gasteiger partial charge in [-0.15, -0.1) is 0 Å². The fraction of sp³-hybridized carbons (Fsp3) is 0.385. The van der Waals surface area contributed by atoms with Gasteiger partial charge in [0.25, 0.3) is 0 Å². The normalized spacial score (nSPS) is 20.6. The van der Waals surface area contributed by atoms with E-state index in [2.05, 4.69) is 10.1 Å². The molecule has 6 heteroatoms. The Morgan fingerprint density at radius 1 is 1.42 bits per heavy atom. The molecule has 2 aromatic rings. The highest BCUT2D eigenvalue weighted by Gasteiger charge is 2.25. The molecule has 4 nitrogen and oxygen atoms in total. The molecule has 0 spiro atoms. The molecule has 19 heavy (non-hydrogen) atoms. The van der Waals surface area contributed by atoms with Gasteiger partial charge in [-0.05, 0) is 30.2 Å². The Kier molecular flexibility index (Phi) is 3.77. The standard InChI is InChI=1S/C13H14ClN3OS/c14-9-5-2-1-4-8(9)11(15)13-16-12(17-18-13)10-6-3-7-19-10/h1-2,4-5,10-11H,3,6-7,15H2/t10?,11-/m1/s1. The third-order valence-electron chi connectivity index (χ3n) is 3.18. The summed E-state index contributed by atoms with van der Waals surface area (Å²) in [4.78, 5) is 4.43. The lowest BCUT2D eigenvalue weighted by atomic mass is 10.1. The van der Waals surface area contributed by atoms with Crippen LogP contribution in [0.5, 0.6) is 0 Å². The quantitative estimate of drug-likeness (QED) is 0.941. The third kappa shape index (κ3) is 2.63. The van der Waals surface area contributed by atoms with Crippen LogP contribution in [0.15, 0.2) is 28.8 Å². The number of nitrogens with zero attached hydrogens (tertiary/aromatic N) is 2. The van der Waals surface area contributed by atoms with Gasteiger partial charge in [-0.3, -0.25) is 0 Å². The van der Waals surface area contributed by atoms with Gasteiger partial charge in [0.1, 0.15) is 6.04 Å². The van der Waals surface area contributed by atoms with E-state index >= 15 is 0 Å². The number of aromatic nitrogens is 2. The molecule has 0 saturated carbocycles. The van der Waals surface area contributed by atoms with Crippen molar-refractivity contribution in [2.45, 2.75) is 24.1 Å². The molecule has 0 radical (unpaired) electrons. The molecule has 100 valence electrons. The van der Waals surface area contributed by atoms with Gasteiger partial charge in [0.15, 0.2) is 5.82 Å². The molecule has 3 rings (SSSR count). The van der Waals surface area contributed by atoms with Gasteiger partial charge in [0.2, 0.25) is 5.89 Å². The van der Waals surface area contributed by atoms with Crippen LogP contribution in [0.25, 0.3) is 0 Å². The number of hydrogen-bond acceptors (Lipinski definition) is 5. The monoisotopic (exact) mass is 295 g/mol. The second-order valence-corrected chi connectivity index (χ2v) is 6.21. The SMILES string of the molecule is N[C@@H](c1nc(C2CCCS2)no1)c1ccccc1Cl. The van der Waals surface area contributed by atoms with E-state index in [1.165, 1.54) is 6.42 Å². The van der Waals surface area contributed by atoms with Crippen molar-refractivity contribution in [2.24, 2.45) is 5.73 Å². The maximum absolute atomic E-state index is 6.14. The smallest absolute Gasteiger partial charge is 0.248 e. The summed E-state index contributed by atoms with van der Waals surface area (Å²) in [5.41, 5.74) is 6.95. The Balaban J connectivity index is 1.84. The minimum absolute atomic E-state index is 0.343. The second kappa shape index (κ2) is 5.53. The Labute approximate surface area is 120 Å². The van der Waals surface area contributed by atoms with Crippen molar-refractivity contribution in [2.75, 3.05) is 5.75 Å². The van der Waals surface area contributed by atoms with Crippen LogP contribution in [0.1, 0.15) is 41.4 Å². The second-order valence-electron chi connectivity index (χ2n) is 4.49. The lowest BCUT2D eigenvalue weighted by Gasteiger charge is -2.08. The van der Waals surface area contributed by atoms with Crippen LogP contribution in [0, 0.1) is 0 Å². The van der Waals surface area contributed by atoms with Crippen LogP contribution < -0.4 is 5.73 Å². The Morgan fingerprint density at radius 2 is 2.26 bits per heavy atom. The highest BCUT2D eigenvalue weighted by atomic mass is 35.5. The first kappa shape index (κ1) is 13.0. The van der Waals surface area contributed by atoms with Crippen molar-refractivity contribution in [3.05, 3.63) is 46.6 Å². The van der Waals surface area contributed by atoms with Gasteiger partial charge in [0, 0.05) is 5.02 Å². The highest BCUT2D eigenvalue weighted by Crippen LogP contribution is 2.38. The van der Waals surface area contributed by atoms with E-state index in [-0.39, 0.29) is 0 Å². The molecule has 2 N–H and O–H groups in total. The van der Waals surface area contributed by atoms with Crippen LogP contribution in [-0.4, -0.2) is 15.9 Å². The zero-order valence-electron chi connectivity index (χ0n) is 10.3. The van der Waals surface area contributed by atoms with E-state index in [9.17, 15) is 0 Å². The van der Waals surface area contributed by atoms with E-state index < -0.39 is 6.04 Å². The van der Waals surface area contributed by atoms with Crippen molar-refractivity contribution in [3.63, 3.8) is 0 Å². The number of nitrogens with two attached hydrogens (primary N) is 1. The molecule has 1 aromatic carbocycles. The maximum Gasteiger partial charge on any atom is 0.248 e. The minimum Gasteiger partial charge on any atom is -0.337 e. The molecule has 0 bridgehead atoms. The molecule has 1 aromatic heterocycles. The van der Waals surface area contributed by atoms with Crippen molar-refractivity contribution >= 4 is 23.4 Å². The molecule has 2 atom stereocenters. The fourth-order valence-corrected chi connectivity index (χ4v) is 3.60. The van der Waals surface area contributed by atoms with Crippen LogP contribution in [0.2, 0.25) is 5.02 Å². The number of halogens is 1. The summed E-state index contributed by atoms with van der Waals surface area (Å²) in [6.45, 7) is 0. The summed E-state index contributed by atoms with van der Waals surface area (Å²) in [7, 11) is 0. The van der Waals surface area contributed by atoms with Gasteiger partial charge in [-0.1, -0.05) is 35.0 Å². The summed E-state index contributed by atoms with van der Waals surface area (Å²) in [5.74, 6) is 2.33. The lowest BCUT2D eigenvalue weighted by Crippen LogP contribution is -2.13. The van der Waals surface area contributed by atoms with Crippen LogP contribution in [-0.2, 0) is 0 Å². The van der Waals surface area contributed by atoms with Gasteiger partial charge < -0.3 is 10.3 Å². The molecule has 0 amide bonds. The van der Waals surface area contributed by atoms with E-state index in [0.29, 0.717) is 16.2 Å². The number of hydrogen-bond donors (Lipinski definition) is 1. The fourth-order valence-electron chi connectivity index (χ4n) is 2.15. The number of rotatable bonds is 3. The predicted molar refractivity (Wildman–Crippen MR) is 76.2 cm³/mol. The third-order valence-corrected chi connectivity index (χ3v) is 4.90. The predicted octanol–water partition coefficient (Wildman–Crippen LogP) is 3.34. The summed E-state index contributed by atoms with van der Waals surface area (Å²) in [5, 5.41) is 5.00. The molecule has 1 aliphatic rings. The summed E-state index contributed by atoms with van der Waals surface area (Å²) < 4.78 is 5.29. The molecule has 1 unspecified atom stereocenters. The van der Waals surface area contributed by atoms with Gasteiger partial charge >= 0.3 is 0 Å². The average Bonchev–Trinajstić information content (AvgIpc) is 3.09. The van der Waals surface area contributed by atoms with Gasteiger partial charge in [-0.2, -0.15) is 16.7 Å². The van der Waals surface area contributed by atoms with E-state index in [0.717, 1.165) is 23.6 Å². The van der Waals surface area contributed by atoms with Crippen molar-refractivity contribution < 1.29 is 4.52 Å². The number of thioether (sulfide) groups is 1. The summed E-state index contributed by atoms with van der Waals surface area (Å²) >= 11 is 8.00. The van der Waals surface area contributed by atoms with Crippen LogP contribution in [0.3, 0.4) is 0 Å². The van der Waals surface area contributed by atoms with Crippen LogP contribution >= 0.6 is 23.4 Å². The first-order chi connectivity index (χ1) is 9.25. The number of benzene rings is 1. The zero-order chi connectivity index (χ0) is 13.2.